The van der Waals surface area contributed by atoms with Gasteiger partial charge in [-0.1, -0.05) is 23.7 Å². The molecule has 140 valence electrons. The molecule has 8 heteroatoms. The number of rotatable bonds is 5. The van der Waals surface area contributed by atoms with Gasteiger partial charge in [-0.05, 0) is 35.9 Å². The SMILES string of the molecule is Fc1ccc(Nc2nccc3nc(NCc4ccc(Cl)cc4)ncc23)c(F)c1. The first-order chi connectivity index (χ1) is 13.6. The molecule has 4 rings (SSSR count). The summed E-state index contributed by atoms with van der Waals surface area (Å²) in [6, 6.07) is 12.5. The van der Waals surface area contributed by atoms with Gasteiger partial charge < -0.3 is 10.6 Å². The quantitative estimate of drug-likeness (QED) is 0.477. The lowest BCUT2D eigenvalue weighted by Crippen LogP contribution is -2.04. The second-order valence-corrected chi connectivity index (χ2v) is 6.45. The Morgan fingerprint density at radius 2 is 1.79 bits per heavy atom. The van der Waals surface area contributed by atoms with Crippen LogP contribution in [0.2, 0.25) is 5.02 Å². The Hall–Kier alpha value is -3.32. The van der Waals surface area contributed by atoms with Crippen LogP contribution in [-0.2, 0) is 6.54 Å². The van der Waals surface area contributed by atoms with Gasteiger partial charge in [0.1, 0.15) is 17.5 Å². The maximum absolute atomic E-state index is 13.9. The molecule has 0 aliphatic heterocycles. The maximum atomic E-state index is 13.9. The van der Waals surface area contributed by atoms with Gasteiger partial charge >= 0.3 is 0 Å². The lowest BCUT2D eigenvalue weighted by atomic mass is 10.2. The molecule has 0 amide bonds. The molecule has 0 spiro atoms. The van der Waals surface area contributed by atoms with Crippen molar-refractivity contribution < 1.29 is 8.78 Å². The van der Waals surface area contributed by atoms with E-state index in [4.69, 9.17) is 11.6 Å². The molecule has 2 aromatic heterocycles. The molecule has 5 nitrogen and oxygen atoms in total. The highest BCUT2D eigenvalue weighted by Crippen LogP contribution is 2.25. The van der Waals surface area contributed by atoms with E-state index in [1.807, 2.05) is 24.3 Å². The third-order valence-electron chi connectivity index (χ3n) is 4.06. The van der Waals surface area contributed by atoms with E-state index < -0.39 is 11.6 Å². The van der Waals surface area contributed by atoms with Crippen molar-refractivity contribution in [3.8, 4) is 0 Å². The fourth-order valence-electron chi connectivity index (χ4n) is 2.64. The molecule has 2 aromatic carbocycles. The van der Waals surface area contributed by atoms with E-state index in [0.717, 1.165) is 11.6 Å². The molecule has 2 N–H and O–H groups in total. The van der Waals surface area contributed by atoms with Gasteiger partial charge in [0.2, 0.25) is 5.95 Å². The lowest BCUT2D eigenvalue weighted by molar-refractivity contribution is 0.586. The molecule has 4 aromatic rings. The Labute approximate surface area is 164 Å². The molecule has 0 unspecified atom stereocenters. The average molecular weight is 398 g/mol. The van der Waals surface area contributed by atoms with Crippen molar-refractivity contribution >= 4 is 40.0 Å². The number of aromatic nitrogens is 3. The number of benzene rings is 2. The van der Waals surface area contributed by atoms with Crippen molar-refractivity contribution in [2.75, 3.05) is 10.6 Å². The average Bonchev–Trinajstić information content (AvgIpc) is 2.69. The van der Waals surface area contributed by atoms with Crippen LogP contribution in [0.5, 0.6) is 0 Å². The normalized spacial score (nSPS) is 10.8. The van der Waals surface area contributed by atoms with Crippen molar-refractivity contribution in [2.24, 2.45) is 0 Å². The van der Waals surface area contributed by atoms with E-state index in [9.17, 15) is 8.78 Å². The van der Waals surface area contributed by atoms with Crippen LogP contribution >= 0.6 is 11.6 Å². The predicted molar refractivity (Wildman–Crippen MR) is 106 cm³/mol. The molecule has 28 heavy (non-hydrogen) atoms. The predicted octanol–water partition coefficient (Wildman–Crippen LogP) is 5.31. The van der Waals surface area contributed by atoms with Gasteiger partial charge in [-0.25, -0.2) is 23.7 Å². The highest BCUT2D eigenvalue weighted by atomic mass is 35.5. The molecule has 0 aliphatic rings. The number of halogens is 3. The Morgan fingerprint density at radius 3 is 2.57 bits per heavy atom. The van der Waals surface area contributed by atoms with Crippen molar-refractivity contribution in [2.45, 2.75) is 6.54 Å². The number of nitrogens with one attached hydrogen (secondary N) is 2. The van der Waals surface area contributed by atoms with Crippen molar-refractivity contribution in [3.63, 3.8) is 0 Å². The molecule has 0 fully saturated rings. The summed E-state index contributed by atoms with van der Waals surface area (Å²) in [6.07, 6.45) is 3.16. The minimum atomic E-state index is -0.707. The fraction of sp³-hybridized carbons (Fsp3) is 0.0500. The van der Waals surface area contributed by atoms with Crippen LogP contribution in [0.3, 0.4) is 0 Å². The second kappa shape index (κ2) is 7.74. The van der Waals surface area contributed by atoms with Crippen LogP contribution in [0.1, 0.15) is 5.56 Å². The van der Waals surface area contributed by atoms with Gasteiger partial charge in [-0.15, -0.1) is 0 Å². The number of nitrogens with zero attached hydrogens (tertiary/aromatic N) is 3. The summed E-state index contributed by atoms with van der Waals surface area (Å²) in [4.78, 5) is 13.0. The van der Waals surface area contributed by atoms with E-state index >= 15 is 0 Å². The third-order valence-corrected chi connectivity index (χ3v) is 4.31. The van der Waals surface area contributed by atoms with Crippen LogP contribution < -0.4 is 10.6 Å². The Kier molecular flexibility index (Phi) is 4.99. The number of fused-ring (bicyclic) bond motifs is 1. The number of hydrogen-bond acceptors (Lipinski definition) is 5. The first-order valence-corrected chi connectivity index (χ1v) is 8.78. The van der Waals surface area contributed by atoms with Crippen LogP contribution in [-0.4, -0.2) is 15.0 Å². The van der Waals surface area contributed by atoms with Crippen molar-refractivity contribution in [3.05, 3.63) is 83.1 Å². The highest BCUT2D eigenvalue weighted by molar-refractivity contribution is 6.30. The second-order valence-electron chi connectivity index (χ2n) is 6.02. The van der Waals surface area contributed by atoms with Crippen LogP contribution in [0.25, 0.3) is 10.9 Å². The molecular formula is C20H14ClF2N5. The summed E-state index contributed by atoms with van der Waals surface area (Å²) in [7, 11) is 0. The standard InChI is InChI=1S/C20H14ClF2N5/c21-13-3-1-12(2-4-13)10-25-20-26-11-15-17(28-20)7-8-24-19(15)27-18-6-5-14(22)9-16(18)23/h1-9,11H,10H2,(H,24,27)(H,25,26,28). The first kappa shape index (κ1) is 18.1. The Bertz CT molecular complexity index is 1140. The summed E-state index contributed by atoms with van der Waals surface area (Å²) < 4.78 is 27.0. The maximum Gasteiger partial charge on any atom is 0.223 e. The number of pyridine rings is 1. The van der Waals surface area contributed by atoms with Gasteiger partial charge in [0.05, 0.1) is 16.6 Å². The van der Waals surface area contributed by atoms with Gasteiger partial charge in [-0.3, -0.25) is 0 Å². The van der Waals surface area contributed by atoms with Gasteiger partial charge in [0.25, 0.3) is 0 Å². The van der Waals surface area contributed by atoms with Crippen LogP contribution in [0.4, 0.5) is 26.2 Å². The lowest BCUT2D eigenvalue weighted by Gasteiger charge is -2.10. The molecule has 0 bridgehead atoms. The summed E-state index contributed by atoms with van der Waals surface area (Å²) in [5.74, 6) is -0.519. The third kappa shape index (κ3) is 3.99. The first-order valence-electron chi connectivity index (χ1n) is 8.40. The molecule has 0 saturated heterocycles. The number of anilines is 3. The van der Waals surface area contributed by atoms with E-state index in [1.54, 1.807) is 18.5 Å². The zero-order valence-electron chi connectivity index (χ0n) is 14.5. The van der Waals surface area contributed by atoms with Crippen molar-refractivity contribution in [1.82, 2.24) is 15.0 Å². The van der Waals surface area contributed by atoms with E-state index in [-0.39, 0.29) is 5.69 Å². The van der Waals surface area contributed by atoms with Crippen LogP contribution in [0, 0.1) is 11.6 Å². The Balaban J connectivity index is 1.56. The molecule has 0 aliphatic carbocycles. The zero-order chi connectivity index (χ0) is 19.5. The zero-order valence-corrected chi connectivity index (χ0v) is 15.2. The summed E-state index contributed by atoms with van der Waals surface area (Å²) >= 11 is 5.89. The van der Waals surface area contributed by atoms with Gasteiger partial charge in [-0.2, -0.15) is 0 Å². The number of hydrogen-bond donors (Lipinski definition) is 2. The molecular weight excluding hydrogens is 384 g/mol. The monoisotopic (exact) mass is 397 g/mol. The van der Waals surface area contributed by atoms with E-state index in [0.29, 0.717) is 34.2 Å². The summed E-state index contributed by atoms with van der Waals surface area (Å²) in [6.45, 7) is 0.541. The van der Waals surface area contributed by atoms with Crippen molar-refractivity contribution in [1.29, 1.82) is 0 Å². The summed E-state index contributed by atoms with van der Waals surface area (Å²) in [5.41, 5.74) is 1.79. The van der Waals surface area contributed by atoms with Gasteiger partial charge in [0.15, 0.2) is 0 Å². The fourth-order valence-corrected chi connectivity index (χ4v) is 2.77. The van der Waals surface area contributed by atoms with Gasteiger partial charge in [0, 0.05) is 30.0 Å². The van der Waals surface area contributed by atoms with Crippen LogP contribution in [0.15, 0.2) is 60.9 Å². The summed E-state index contributed by atoms with van der Waals surface area (Å²) in [5, 5.41) is 7.30. The highest BCUT2D eigenvalue weighted by Gasteiger charge is 2.09. The smallest absolute Gasteiger partial charge is 0.223 e. The molecule has 2 heterocycles. The molecule has 0 saturated carbocycles. The molecule has 0 atom stereocenters. The largest absolute Gasteiger partial charge is 0.350 e. The van der Waals surface area contributed by atoms with E-state index in [1.165, 1.54) is 12.1 Å². The topological polar surface area (TPSA) is 62.7 Å². The minimum Gasteiger partial charge on any atom is -0.350 e. The Morgan fingerprint density at radius 1 is 0.964 bits per heavy atom. The molecule has 0 radical (unpaired) electrons. The minimum absolute atomic E-state index is 0.117. The van der Waals surface area contributed by atoms with E-state index in [2.05, 4.69) is 25.6 Å².